The Labute approximate surface area is 149 Å². The second-order valence-electron chi connectivity index (χ2n) is 6.11. The number of benzene rings is 2. The van der Waals surface area contributed by atoms with Crippen LogP contribution < -0.4 is 0 Å². The summed E-state index contributed by atoms with van der Waals surface area (Å²) >= 11 is 0. The third-order valence-corrected chi connectivity index (χ3v) is 6.41. The highest BCUT2D eigenvalue weighted by Crippen LogP contribution is 2.31. The summed E-state index contributed by atoms with van der Waals surface area (Å²) in [5, 5.41) is 9.33. The quantitative estimate of drug-likeness (QED) is 0.880. The predicted octanol–water partition coefficient (Wildman–Crippen LogP) is 3.32. The topological polar surface area (TPSA) is 57.6 Å². The van der Waals surface area contributed by atoms with Crippen molar-refractivity contribution in [3.8, 4) is 11.1 Å². The van der Waals surface area contributed by atoms with Gasteiger partial charge < -0.3 is 5.11 Å². The molecular formula is C18H17F3NO3S. The van der Waals surface area contributed by atoms with Crippen LogP contribution >= 0.6 is 0 Å². The van der Waals surface area contributed by atoms with Crippen molar-refractivity contribution < 1.29 is 26.7 Å². The Balaban J connectivity index is 1.84. The summed E-state index contributed by atoms with van der Waals surface area (Å²) in [6.07, 6.45) is -3.13. The van der Waals surface area contributed by atoms with Crippen molar-refractivity contribution in [1.82, 2.24) is 4.31 Å². The smallest absolute Gasteiger partial charge is 0.395 e. The maximum atomic E-state index is 12.7. The standard InChI is InChI=1S/C18H17F3NO3S/c19-18(20,21)15-7-3-13(4-8-15)14-5-9-17(10-6-14)26(24,25)22-11-1-2-16(22)12-23/h3-7,9-10,16,23H,1-2,11-12H2/t16-/m0/s1. The first-order valence-corrected chi connectivity index (χ1v) is 9.49. The molecule has 2 aromatic rings. The number of aliphatic hydroxyl groups excluding tert-OH is 1. The van der Waals surface area contributed by atoms with Gasteiger partial charge in [0.25, 0.3) is 0 Å². The van der Waals surface area contributed by atoms with Crippen LogP contribution in [0.1, 0.15) is 18.4 Å². The monoisotopic (exact) mass is 384 g/mol. The number of alkyl halides is 3. The van der Waals surface area contributed by atoms with E-state index in [2.05, 4.69) is 6.07 Å². The van der Waals surface area contributed by atoms with Gasteiger partial charge in [-0.05, 0) is 54.3 Å². The lowest BCUT2D eigenvalue weighted by Gasteiger charge is -2.22. The van der Waals surface area contributed by atoms with Gasteiger partial charge in [0, 0.05) is 12.6 Å². The fourth-order valence-electron chi connectivity index (χ4n) is 3.04. The fourth-order valence-corrected chi connectivity index (χ4v) is 4.73. The van der Waals surface area contributed by atoms with Crippen LogP contribution in [0.15, 0.2) is 47.4 Å². The van der Waals surface area contributed by atoms with E-state index in [9.17, 15) is 26.7 Å². The Bertz CT molecular complexity index is 862. The van der Waals surface area contributed by atoms with Crippen molar-refractivity contribution in [2.24, 2.45) is 0 Å². The highest BCUT2D eigenvalue weighted by atomic mass is 32.2. The molecule has 0 aliphatic carbocycles. The molecule has 0 unspecified atom stereocenters. The second kappa shape index (κ2) is 7.02. The van der Waals surface area contributed by atoms with Crippen LogP contribution in [-0.4, -0.2) is 37.0 Å². The Morgan fingerprint density at radius 1 is 1.12 bits per heavy atom. The molecule has 1 aliphatic heterocycles. The maximum Gasteiger partial charge on any atom is 0.417 e. The molecule has 0 aromatic heterocycles. The highest BCUT2D eigenvalue weighted by Gasteiger charge is 2.34. The number of nitrogens with zero attached hydrogens (tertiary/aromatic N) is 1. The lowest BCUT2D eigenvalue weighted by atomic mass is 10.0. The Hall–Kier alpha value is -1.90. The van der Waals surface area contributed by atoms with Gasteiger partial charge in [0.1, 0.15) is 0 Å². The van der Waals surface area contributed by atoms with Crippen LogP contribution in [0.3, 0.4) is 0 Å². The zero-order valence-electron chi connectivity index (χ0n) is 13.7. The van der Waals surface area contributed by atoms with Gasteiger partial charge in [-0.15, -0.1) is 0 Å². The van der Waals surface area contributed by atoms with Gasteiger partial charge in [-0.1, -0.05) is 18.2 Å². The van der Waals surface area contributed by atoms with E-state index < -0.39 is 27.8 Å². The average molecular weight is 384 g/mol. The molecule has 1 saturated heterocycles. The molecule has 2 aromatic carbocycles. The van der Waals surface area contributed by atoms with Crippen LogP contribution in [0.2, 0.25) is 0 Å². The number of sulfonamides is 1. The van der Waals surface area contributed by atoms with Crippen LogP contribution in [0.4, 0.5) is 13.2 Å². The lowest BCUT2D eigenvalue weighted by Crippen LogP contribution is -2.37. The van der Waals surface area contributed by atoms with Crippen LogP contribution in [0.5, 0.6) is 0 Å². The molecule has 0 amide bonds. The molecule has 1 fully saturated rings. The second-order valence-corrected chi connectivity index (χ2v) is 8.00. The molecule has 4 nitrogen and oxygen atoms in total. The average Bonchev–Trinajstić information content (AvgIpc) is 3.11. The fraction of sp³-hybridized carbons (Fsp3) is 0.333. The number of rotatable bonds is 4. The van der Waals surface area contributed by atoms with Gasteiger partial charge in [0.2, 0.25) is 10.0 Å². The zero-order valence-corrected chi connectivity index (χ0v) is 14.5. The Morgan fingerprint density at radius 2 is 1.77 bits per heavy atom. The third-order valence-electron chi connectivity index (χ3n) is 4.45. The molecule has 8 heteroatoms. The summed E-state index contributed by atoms with van der Waals surface area (Å²) in [6.45, 7) is 0.141. The molecule has 1 radical (unpaired) electrons. The summed E-state index contributed by atoms with van der Waals surface area (Å²) < 4.78 is 64.5. The molecule has 3 rings (SSSR count). The van der Waals surface area contributed by atoms with Gasteiger partial charge in [-0.25, -0.2) is 8.42 Å². The minimum Gasteiger partial charge on any atom is -0.395 e. The summed E-state index contributed by atoms with van der Waals surface area (Å²) in [7, 11) is -3.71. The number of hydrogen-bond acceptors (Lipinski definition) is 3. The first-order valence-electron chi connectivity index (χ1n) is 8.05. The maximum absolute atomic E-state index is 12.7. The third kappa shape index (κ3) is 3.62. The Kier molecular flexibility index (Phi) is 5.09. The van der Waals surface area contributed by atoms with Gasteiger partial charge >= 0.3 is 6.18 Å². The molecule has 26 heavy (non-hydrogen) atoms. The van der Waals surface area contributed by atoms with E-state index in [1.165, 1.54) is 28.6 Å². The van der Waals surface area contributed by atoms with E-state index in [4.69, 9.17) is 0 Å². The van der Waals surface area contributed by atoms with Gasteiger partial charge in [0.05, 0.1) is 17.1 Å². The SMILES string of the molecule is O=S(=O)(c1ccc(-c2c[c]c(C(F)(F)F)cc2)cc1)N1CCC[C@H]1CO. The number of halogens is 3. The van der Waals surface area contributed by atoms with E-state index in [1.807, 2.05) is 0 Å². The molecule has 1 N–H and O–H groups in total. The van der Waals surface area contributed by atoms with Crippen molar-refractivity contribution in [2.45, 2.75) is 30.0 Å². The zero-order chi connectivity index (χ0) is 18.9. The number of hydrogen-bond donors (Lipinski definition) is 1. The van der Waals surface area contributed by atoms with Crippen molar-refractivity contribution in [3.05, 3.63) is 54.1 Å². The minimum atomic E-state index is -4.45. The summed E-state index contributed by atoms with van der Waals surface area (Å²) in [6, 6.07) is 11.2. The van der Waals surface area contributed by atoms with Crippen molar-refractivity contribution in [2.75, 3.05) is 13.2 Å². The van der Waals surface area contributed by atoms with E-state index >= 15 is 0 Å². The molecule has 1 atom stereocenters. The Morgan fingerprint density at radius 3 is 2.31 bits per heavy atom. The largest absolute Gasteiger partial charge is 0.417 e. The molecule has 1 heterocycles. The molecule has 0 saturated carbocycles. The van der Waals surface area contributed by atoms with Gasteiger partial charge in [-0.2, -0.15) is 17.5 Å². The summed E-state index contributed by atoms with van der Waals surface area (Å²) in [4.78, 5) is 0.0949. The van der Waals surface area contributed by atoms with Crippen LogP contribution in [0.25, 0.3) is 11.1 Å². The lowest BCUT2D eigenvalue weighted by molar-refractivity contribution is -0.137. The molecule has 0 spiro atoms. The molecule has 1 aliphatic rings. The summed E-state index contributed by atoms with van der Waals surface area (Å²) in [5.41, 5.74) is 0.245. The predicted molar refractivity (Wildman–Crippen MR) is 89.7 cm³/mol. The normalized spacial score (nSPS) is 19.0. The first-order chi connectivity index (χ1) is 12.2. The minimum absolute atomic E-state index is 0.0949. The molecular weight excluding hydrogens is 367 g/mol. The van der Waals surface area contributed by atoms with Crippen LogP contribution in [-0.2, 0) is 16.2 Å². The van der Waals surface area contributed by atoms with E-state index in [0.29, 0.717) is 30.5 Å². The summed E-state index contributed by atoms with van der Waals surface area (Å²) in [5.74, 6) is 0. The van der Waals surface area contributed by atoms with Crippen molar-refractivity contribution in [3.63, 3.8) is 0 Å². The van der Waals surface area contributed by atoms with E-state index in [-0.39, 0.29) is 11.5 Å². The van der Waals surface area contributed by atoms with Crippen molar-refractivity contribution >= 4 is 10.0 Å². The molecule has 139 valence electrons. The first kappa shape index (κ1) is 18.9. The van der Waals surface area contributed by atoms with Crippen molar-refractivity contribution in [1.29, 1.82) is 0 Å². The molecule has 0 bridgehead atoms. The van der Waals surface area contributed by atoms with E-state index in [1.54, 1.807) is 12.1 Å². The van der Waals surface area contributed by atoms with Crippen LogP contribution in [0, 0.1) is 6.07 Å². The highest BCUT2D eigenvalue weighted by molar-refractivity contribution is 7.89. The van der Waals surface area contributed by atoms with E-state index in [0.717, 1.165) is 6.07 Å². The number of aliphatic hydroxyl groups is 1. The van der Waals surface area contributed by atoms with Gasteiger partial charge in [-0.3, -0.25) is 0 Å². The van der Waals surface area contributed by atoms with Gasteiger partial charge in [0.15, 0.2) is 0 Å².